The molecule has 2 rings (SSSR count). The van der Waals surface area contributed by atoms with Gasteiger partial charge >= 0.3 is 6.18 Å². The van der Waals surface area contributed by atoms with Crippen molar-refractivity contribution in [2.24, 2.45) is 5.84 Å². The number of hydrogen-bond acceptors (Lipinski definition) is 3. The third-order valence-electron chi connectivity index (χ3n) is 2.71. The number of alkyl halides is 3. The minimum absolute atomic E-state index is 0.452. The van der Waals surface area contributed by atoms with Crippen molar-refractivity contribution in [1.29, 1.82) is 0 Å². The molecule has 6 heteroatoms. The average molecular weight is 255 g/mol. The normalized spacial score (nSPS) is 13.8. The summed E-state index contributed by atoms with van der Waals surface area (Å²) < 4.78 is 37.4. The van der Waals surface area contributed by atoms with Gasteiger partial charge in [-0.2, -0.15) is 13.2 Å². The number of hydrazine groups is 1. The van der Waals surface area contributed by atoms with Crippen LogP contribution in [0.1, 0.15) is 18.0 Å². The topological polar surface area (TPSA) is 50.9 Å². The standard InChI is InChI=1S/C12H12F3N3/c13-12(14,15)5-11(18-16)10-7-17-6-8-3-1-2-4-9(8)10/h1-4,6-7,11,18H,5,16H2. The molecule has 0 fully saturated rings. The van der Waals surface area contributed by atoms with Crippen molar-refractivity contribution in [3.05, 3.63) is 42.2 Å². The maximum absolute atomic E-state index is 12.5. The molecule has 1 unspecified atom stereocenters. The lowest BCUT2D eigenvalue weighted by atomic mass is 10.00. The maximum atomic E-state index is 12.5. The molecule has 0 aliphatic heterocycles. The zero-order valence-corrected chi connectivity index (χ0v) is 9.41. The Balaban J connectivity index is 2.45. The number of halogens is 3. The summed E-state index contributed by atoms with van der Waals surface area (Å²) in [5.74, 6) is 5.23. The fraction of sp³-hybridized carbons (Fsp3) is 0.250. The number of aromatic nitrogens is 1. The van der Waals surface area contributed by atoms with Gasteiger partial charge in [-0.1, -0.05) is 24.3 Å². The summed E-state index contributed by atoms with van der Waals surface area (Å²) in [6.45, 7) is 0. The second-order valence-corrected chi connectivity index (χ2v) is 3.99. The van der Waals surface area contributed by atoms with Crippen LogP contribution in [0.4, 0.5) is 13.2 Å². The van der Waals surface area contributed by atoms with Crippen molar-refractivity contribution in [1.82, 2.24) is 10.4 Å². The van der Waals surface area contributed by atoms with E-state index in [9.17, 15) is 13.2 Å². The van der Waals surface area contributed by atoms with E-state index >= 15 is 0 Å². The Morgan fingerprint density at radius 3 is 2.61 bits per heavy atom. The van der Waals surface area contributed by atoms with Gasteiger partial charge in [0, 0.05) is 17.8 Å². The van der Waals surface area contributed by atoms with Crippen molar-refractivity contribution in [3.63, 3.8) is 0 Å². The monoisotopic (exact) mass is 255 g/mol. The predicted molar refractivity (Wildman–Crippen MR) is 62.5 cm³/mol. The second kappa shape index (κ2) is 4.91. The molecule has 0 amide bonds. The van der Waals surface area contributed by atoms with E-state index in [1.807, 2.05) is 6.07 Å². The zero-order valence-electron chi connectivity index (χ0n) is 9.41. The van der Waals surface area contributed by atoms with Gasteiger partial charge in [-0.15, -0.1) is 0 Å². The third kappa shape index (κ3) is 2.77. The number of benzene rings is 1. The smallest absolute Gasteiger partial charge is 0.271 e. The van der Waals surface area contributed by atoms with Crippen LogP contribution in [0.25, 0.3) is 10.8 Å². The maximum Gasteiger partial charge on any atom is 0.390 e. The lowest BCUT2D eigenvalue weighted by Crippen LogP contribution is -2.32. The Labute approximate surface area is 102 Å². The van der Waals surface area contributed by atoms with Crippen LogP contribution in [0.2, 0.25) is 0 Å². The molecular weight excluding hydrogens is 243 g/mol. The van der Waals surface area contributed by atoms with Gasteiger partial charge in [0.05, 0.1) is 12.5 Å². The molecule has 1 aromatic carbocycles. The van der Waals surface area contributed by atoms with Gasteiger partial charge in [0.25, 0.3) is 0 Å². The van der Waals surface area contributed by atoms with Crippen LogP contribution in [0.3, 0.4) is 0 Å². The summed E-state index contributed by atoms with van der Waals surface area (Å²) >= 11 is 0. The van der Waals surface area contributed by atoms with Gasteiger partial charge in [0.1, 0.15) is 0 Å². The Hall–Kier alpha value is -1.66. The van der Waals surface area contributed by atoms with E-state index in [0.29, 0.717) is 5.56 Å². The molecule has 3 N–H and O–H groups in total. The molecular formula is C12H12F3N3. The number of pyridine rings is 1. The number of rotatable bonds is 3. The first-order valence-corrected chi connectivity index (χ1v) is 5.37. The molecule has 0 saturated carbocycles. The SMILES string of the molecule is NNC(CC(F)(F)F)c1cncc2ccccc12. The molecule has 1 atom stereocenters. The lowest BCUT2D eigenvalue weighted by Gasteiger charge is -2.19. The molecule has 0 radical (unpaired) electrons. The number of hydrogen-bond donors (Lipinski definition) is 2. The van der Waals surface area contributed by atoms with Gasteiger partial charge in [-0.25, -0.2) is 0 Å². The fourth-order valence-corrected chi connectivity index (χ4v) is 1.91. The third-order valence-corrected chi connectivity index (χ3v) is 2.71. The largest absolute Gasteiger partial charge is 0.390 e. The highest BCUT2D eigenvalue weighted by molar-refractivity contribution is 5.85. The highest BCUT2D eigenvalue weighted by Crippen LogP contribution is 2.31. The lowest BCUT2D eigenvalue weighted by molar-refractivity contribution is -0.140. The van der Waals surface area contributed by atoms with Crippen molar-refractivity contribution in [2.45, 2.75) is 18.6 Å². The Morgan fingerprint density at radius 1 is 1.22 bits per heavy atom. The first-order chi connectivity index (χ1) is 8.51. The summed E-state index contributed by atoms with van der Waals surface area (Å²) in [5.41, 5.74) is 2.66. The van der Waals surface area contributed by atoms with Crippen LogP contribution in [-0.4, -0.2) is 11.2 Å². The number of fused-ring (bicyclic) bond motifs is 1. The summed E-state index contributed by atoms with van der Waals surface area (Å²) in [7, 11) is 0. The van der Waals surface area contributed by atoms with E-state index in [4.69, 9.17) is 5.84 Å². The van der Waals surface area contributed by atoms with Gasteiger partial charge < -0.3 is 0 Å². The molecule has 96 valence electrons. The van der Waals surface area contributed by atoms with Gasteiger partial charge in [0.2, 0.25) is 0 Å². The van der Waals surface area contributed by atoms with Crippen LogP contribution < -0.4 is 11.3 Å². The first kappa shape index (κ1) is 12.8. The van der Waals surface area contributed by atoms with E-state index < -0.39 is 18.6 Å². The van der Waals surface area contributed by atoms with E-state index in [0.717, 1.165) is 10.8 Å². The van der Waals surface area contributed by atoms with Crippen molar-refractivity contribution in [2.75, 3.05) is 0 Å². The van der Waals surface area contributed by atoms with E-state index in [1.165, 1.54) is 6.20 Å². The van der Waals surface area contributed by atoms with Crippen LogP contribution in [0.5, 0.6) is 0 Å². The molecule has 0 spiro atoms. The predicted octanol–water partition coefficient (Wildman–Crippen LogP) is 2.69. The van der Waals surface area contributed by atoms with Crippen molar-refractivity contribution >= 4 is 10.8 Å². The molecule has 0 bridgehead atoms. The van der Waals surface area contributed by atoms with Gasteiger partial charge in [0.15, 0.2) is 0 Å². The Bertz CT molecular complexity index is 534. The minimum Gasteiger partial charge on any atom is -0.271 e. The van der Waals surface area contributed by atoms with Crippen LogP contribution in [0, 0.1) is 0 Å². The Morgan fingerprint density at radius 2 is 1.94 bits per heavy atom. The highest BCUT2D eigenvalue weighted by Gasteiger charge is 2.32. The van der Waals surface area contributed by atoms with Crippen molar-refractivity contribution < 1.29 is 13.2 Å². The summed E-state index contributed by atoms with van der Waals surface area (Å²) in [6, 6.07) is 6.14. The molecule has 3 nitrogen and oxygen atoms in total. The Kier molecular flexibility index (Phi) is 3.49. The first-order valence-electron chi connectivity index (χ1n) is 5.37. The second-order valence-electron chi connectivity index (χ2n) is 3.99. The molecule has 1 aromatic heterocycles. The zero-order chi connectivity index (χ0) is 13.2. The summed E-state index contributed by atoms with van der Waals surface area (Å²) in [5, 5.41) is 1.51. The quantitative estimate of drug-likeness (QED) is 0.655. The average Bonchev–Trinajstić information content (AvgIpc) is 2.34. The molecule has 2 aromatic rings. The highest BCUT2D eigenvalue weighted by atomic mass is 19.4. The van der Waals surface area contributed by atoms with Crippen LogP contribution >= 0.6 is 0 Å². The molecule has 1 heterocycles. The van der Waals surface area contributed by atoms with E-state index in [2.05, 4.69) is 10.4 Å². The van der Waals surface area contributed by atoms with Gasteiger partial charge in [-0.3, -0.25) is 16.3 Å². The molecule has 18 heavy (non-hydrogen) atoms. The molecule has 0 aliphatic carbocycles. The number of nitrogens with one attached hydrogen (secondary N) is 1. The summed E-state index contributed by atoms with van der Waals surface area (Å²) in [4.78, 5) is 3.95. The minimum atomic E-state index is -4.28. The molecule has 0 saturated heterocycles. The van der Waals surface area contributed by atoms with E-state index in [1.54, 1.807) is 24.4 Å². The fourth-order valence-electron chi connectivity index (χ4n) is 1.91. The van der Waals surface area contributed by atoms with Crippen molar-refractivity contribution in [3.8, 4) is 0 Å². The van der Waals surface area contributed by atoms with Gasteiger partial charge in [-0.05, 0) is 10.9 Å². The number of nitrogens with zero attached hydrogens (tertiary/aromatic N) is 1. The van der Waals surface area contributed by atoms with Crippen LogP contribution in [0.15, 0.2) is 36.7 Å². The van der Waals surface area contributed by atoms with E-state index in [-0.39, 0.29) is 0 Å². The van der Waals surface area contributed by atoms with Crippen LogP contribution in [-0.2, 0) is 0 Å². The summed E-state index contributed by atoms with van der Waals surface area (Å²) in [6.07, 6.45) is -2.29. The number of nitrogens with two attached hydrogens (primary N) is 1. The molecule has 0 aliphatic rings.